The van der Waals surface area contributed by atoms with E-state index in [4.69, 9.17) is 17.0 Å². The molecule has 1 aromatic rings. The molecule has 0 radical (unpaired) electrons. The van der Waals surface area contributed by atoms with Crippen molar-refractivity contribution in [3.63, 3.8) is 0 Å². The number of methoxy groups -OCH3 is 1. The van der Waals surface area contributed by atoms with Crippen LogP contribution in [-0.4, -0.2) is 23.5 Å². The molecule has 3 nitrogen and oxygen atoms in total. The molecular formula is C12H14N2OS. The predicted octanol–water partition coefficient (Wildman–Crippen LogP) is 2.15. The van der Waals surface area contributed by atoms with E-state index in [2.05, 4.69) is 10.3 Å². The summed E-state index contributed by atoms with van der Waals surface area (Å²) in [6, 6.07) is 7.75. The second-order valence-corrected chi connectivity index (χ2v) is 4.61. The molecule has 0 unspecified atom stereocenters. The van der Waals surface area contributed by atoms with Gasteiger partial charge in [0.2, 0.25) is 0 Å². The van der Waals surface area contributed by atoms with Gasteiger partial charge in [0.1, 0.15) is 22.1 Å². The minimum atomic E-state index is -0.299. The van der Waals surface area contributed by atoms with Crippen LogP contribution in [0.2, 0.25) is 0 Å². The lowest BCUT2D eigenvalue weighted by molar-refractivity contribution is 0.415. The molecule has 0 aliphatic carbocycles. The van der Waals surface area contributed by atoms with Gasteiger partial charge in [-0.2, -0.15) is 0 Å². The minimum absolute atomic E-state index is 0.299. The lowest BCUT2D eigenvalue weighted by Crippen LogP contribution is -2.35. The first-order valence-electron chi connectivity index (χ1n) is 5.09. The number of ether oxygens (including phenoxy) is 1. The fraction of sp³-hybridized carbons (Fsp3) is 0.333. The Morgan fingerprint density at radius 1 is 1.25 bits per heavy atom. The normalized spacial score (nSPS) is 17.9. The van der Waals surface area contributed by atoms with Gasteiger partial charge in [-0.3, -0.25) is 4.99 Å². The molecule has 0 saturated carbocycles. The van der Waals surface area contributed by atoms with Crippen molar-refractivity contribution in [2.75, 3.05) is 7.11 Å². The maximum atomic E-state index is 5.26. The van der Waals surface area contributed by atoms with Crippen LogP contribution < -0.4 is 10.1 Å². The van der Waals surface area contributed by atoms with E-state index in [0.717, 1.165) is 17.0 Å². The van der Waals surface area contributed by atoms with E-state index >= 15 is 0 Å². The van der Waals surface area contributed by atoms with Crippen LogP contribution >= 0.6 is 12.2 Å². The lowest BCUT2D eigenvalue weighted by atomic mass is 10.1. The van der Waals surface area contributed by atoms with Crippen molar-refractivity contribution in [1.29, 1.82) is 0 Å². The number of hydrogen-bond acceptors (Lipinski definition) is 3. The zero-order valence-electron chi connectivity index (χ0n) is 9.57. The van der Waals surface area contributed by atoms with Crippen molar-refractivity contribution in [1.82, 2.24) is 5.32 Å². The van der Waals surface area contributed by atoms with Crippen LogP contribution in [-0.2, 0) is 0 Å². The van der Waals surface area contributed by atoms with E-state index in [0.29, 0.717) is 4.99 Å². The predicted molar refractivity (Wildman–Crippen MR) is 69.3 cm³/mol. The van der Waals surface area contributed by atoms with Gasteiger partial charge < -0.3 is 10.1 Å². The molecule has 16 heavy (non-hydrogen) atoms. The van der Waals surface area contributed by atoms with Crippen LogP contribution in [0.25, 0.3) is 0 Å². The van der Waals surface area contributed by atoms with Gasteiger partial charge in [0.05, 0.1) is 7.11 Å². The van der Waals surface area contributed by atoms with Crippen LogP contribution in [0.3, 0.4) is 0 Å². The molecule has 0 bridgehead atoms. The summed E-state index contributed by atoms with van der Waals surface area (Å²) in [7, 11) is 1.65. The fourth-order valence-electron chi connectivity index (χ4n) is 1.64. The maximum Gasteiger partial charge on any atom is 0.127 e. The van der Waals surface area contributed by atoms with Crippen molar-refractivity contribution in [3.8, 4) is 5.75 Å². The van der Waals surface area contributed by atoms with E-state index in [1.165, 1.54) is 0 Å². The van der Waals surface area contributed by atoms with E-state index in [1.807, 2.05) is 38.1 Å². The topological polar surface area (TPSA) is 33.6 Å². The summed E-state index contributed by atoms with van der Waals surface area (Å²) in [5.41, 5.74) is 1.57. The van der Waals surface area contributed by atoms with Crippen LogP contribution in [0.1, 0.15) is 19.4 Å². The Hall–Kier alpha value is -1.42. The summed E-state index contributed by atoms with van der Waals surface area (Å²) in [6.45, 7) is 3.99. The largest absolute Gasteiger partial charge is 0.497 e. The van der Waals surface area contributed by atoms with Crippen molar-refractivity contribution >= 4 is 22.9 Å². The molecule has 0 aromatic heterocycles. The molecule has 0 spiro atoms. The maximum absolute atomic E-state index is 5.26. The SMILES string of the molecule is COc1ccc(C2=NC(C)(C)NC2=S)cc1. The van der Waals surface area contributed by atoms with Gasteiger partial charge in [-0.25, -0.2) is 0 Å². The molecule has 0 saturated heterocycles. The van der Waals surface area contributed by atoms with Crippen molar-refractivity contribution in [3.05, 3.63) is 29.8 Å². The van der Waals surface area contributed by atoms with Crippen LogP contribution in [0.15, 0.2) is 29.3 Å². The number of thiocarbonyl (C=S) groups is 1. The average Bonchev–Trinajstić information content (AvgIpc) is 2.52. The van der Waals surface area contributed by atoms with E-state index in [-0.39, 0.29) is 5.66 Å². The van der Waals surface area contributed by atoms with Gasteiger partial charge in [-0.1, -0.05) is 12.2 Å². The molecule has 1 aromatic carbocycles. The Morgan fingerprint density at radius 3 is 2.31 bits per heavy atom. The molecular weight excluding hydrogens is 220 g/mol. The third-order valence-corrected chi connectivity index (χ3v) is 2.68. The molecule has 4 heteroatoms. The highest BCUT2D eigenvalue weighted by Gasteiger charge is 2.28. The first kappa shape index (κ1) is 11.1. The zero-order valence-corrected chi connectivity index (χ0v) is 10.4. The number of rotatable bonds is 2. The number of nitrogens with zero attached hydrogens (tertiary/aromatic N) is 1. The van der Waals surface area contributed by atoms with Crippen LogP contribution in [0.5, 0.6) is 5.75 Å². The summed E-state index contributed by atoms with van der Waals surface area (Å²) in [6.07, 6.45) is 0. The van der Waals surface area contributed by atoms with Crippen molar-refractivity contribution in [2.24, 2.45) is 4.99 Å². The Labute approximate surface area is 101 Å². The van der Waals surface area contributed by atoms with Gasteiger partial charge in [0.25, 0.3) is 0 Å². The second-order valence-electron chi connectivity index (χ2n) is 4.20. The standard InChI is InChI=1S/C12H14N2OS/c1-12(2)13-10(11(16)14-12)8-4-6-9(15-3)7-5-8/h4-7H,1-3H3,(H,14,16). The Kier molecular flexibility index (Phi) is 2.68. The molecule has 84 valence electrons. The number of hydrogen-bond donors (Lipinski definition) is 1. The highest BCUT2D eigenvalue weighted by atomic mass is 32.1. The van der Waals surface area contributed by atoms with Crippen molar-refractivity contribution < 1.29 is 4.74 Å². The Balaban J connectivity index is 2.34. The van der Waals surface area contributed by atoms with E-state index < -0.39 is 0 Å². The molecule has 1 aliphatic rings. The smallest absolute Gasteiger partial charge is 0.127 e. The van der Waals surface area contributed by atoms with E-state index in [9.17, 15) is 0 Å². The molecule has 0 amide bonds. The van der Waals surface area contributed by atoms with E-state index in [1.54, 1.807) is 7.11 Å². The molecule has 1 heterocycles. The quantitative estimate of drug-likeness (QED) is 0.796. The Morgan fingerprint density at radius 2 is 1.88 bits per heavy atom. The van der Waals surface area contributed by atoms with Gasteiger partial charge >= 0.3 is 0 Å². The van der Waals surface area contributed by atoms with Crippen LogP contribution in [0, 0.1) is 0 Å². The first-order chi connectivity index (χ1) is 7.52. The third-order valence-electron chi connectivity index (χ3n) is 2.39. The highest BCUT2D eigenvalue weighted by molar-refractivity contribution is 7.82. The number of benzene rings is 1. The number of nitrogens with one attached hydrogen (secondary N) is 1. The Bertz CT molecular complexity index is 449. The zero-order chi connectivity index (χ0) is 11.8. The minimum Gasteiger partial charge on any atom is -0.497 e. The van der Waals surface area contributed by atoms with Gasteiger partial charge in [-0.05, 0) is 38.1 Å². The second kappa shape index (κ2) is 3.87. The van der Waals surface area contributed by atoms with Crippen LogP contribution in [0.4, 0.5) is 0 Å². The lowest BCUT2D eigenvalue weighted by Gasteiger charge is -2.13. The summed E-state index contributed by atoms with van der Waals surface area (Å²) < 4.78 is 5.11. The van der Waals surface area contributed by atoms with Crippen molar-refractivity contribution in [2.45, 2.75) is 19.5 Å². The number of aliphatic imine (C=N–C) groups is 1. The molecule has 1 N–H and O–H groups in total. The van der Waals surface area contributed by atoms with Gasteiger partial charge in [0.15, 0.2) is 0 Å². The fourth-order valence-corrected chi connectivity index (χ4v) is 2.05. The highest BCUT2D eigenvalue weighted by Crippen LogP contribution is 2.19. The molecule has 0 fully saturated rings. The summed E-state index contributed by atoms with van der Waals surface area (Å²) >= 11 is 5.26. The van der Waals surface area contributed by atoms with Gasteiger partial charge in [0, 0.05) is 5.56 Å². The molecule has 1 aliphatic heterocycles. The summed E-state index contributed by atoms with van der Waals surface area (Å²) in [4.78, 5) is 5.25. The molecule has 2 rings (SSSR count). The first-order valence-corrected chi connectivity index (χ1v) is 5.49. The molecule has 0 atom stereocenters. The van der Waals surface area contributed by atoms with Gasteiger partial charge in [-0.15, -0.1) is 0 Å². The summed E-state index contributed by atoms with van der Waals surface area (Å²) in [5.74, 6) is 0.834. The third kappa shape index (κ3) is 2.07. The average molecular weight is 234 g/mol. The summed E-state index contributed by atoms with van der Waals surface area (Å²) in [5, 5.41) is 3.17. The monoisotopic (exact) mass is 234 g/mol.